The van der Waals surface area contributed by atoms with Crippen molar-refractivity contribution in [2.75, 3.05) is 51.4 Å². The number of rotatable bonds is 10. The summed E-state index contributed by atoms with van der Waals surface area (Å²) in [6.07, 6.45) is 4.16. The van der Waals surface area contributed by atoms with Crippen LogP contribution < -0.4 is 10.1 Å². The zero-order chi connectivity index (χ0) is 17.7. The molecule has 1 heterocycles. The number of carbonyl (C=O) groups excluding carboxylic acids is 1. The first-order chi connectivity index (χ1) is 12.3. The molecule has 25 heavy (non-hydrogen) atoms. The maximum absolute atomic E-state index is 12.0. The molecule has 1 fully saturated rings. The number of nitrogens with zero attached hydrogens (tertiary/aromatic N) is 1. The molecule has 0 bridgehead atoms. The van der Waals surface area contributed by atoms with Gasteiger partial charge in [0.25, 0.3) is 0 Å². The molecule has 6 heteroatoms. The van der Waals surface area contributed by atoms with Crippen LogP contribution in [0.15, 0.2) is 24.3 Å². The Bertz CT molecular complexity index is 504. The summed E-state index contributed by atoms with van der Waals surface area (Å²) in [5, 5.41) is 2.77. The van der Waals surface area contributed by atoms with Crippen molar-refractivity contribution < 1.29 is 19.0 Å². The number of para-hydroxylation sites is 2. The standard InChI is InChI=1S/C19H30N2O4/c1-2-3-4-7-13-24-18-9-6-5-8-17(18)20-19(22)25-16-12-21-10-14-23-15-11-21/h5-6,8-9H,2-4,7,10-16H2,1H3,(H,20,22). The van der Waals surface area contributed by atoms with Crippen LogP contribution >= 0.6 is 0 Å². The number of amides is 1. The average molecular weight is 350 g/mol. The summed E-state index contributed by atoms with van der Waals surface area (Å²) in [4.78, 5) is 14.2. The molecular formula is C19H30N2O4. The predicted molar refractivity (Wildman–Crippen MR) is 98.3 cm³/mol. The molecule has 0 saturated carbocycles. The van der Waals surface area contributed by atoms with Gasteiger partial charge in [-0.15, -0.1) is 0 Å². The van der Waals surface area contributed by atoms with Crippen LogP contribution in [0.5, 0.6) is 5.75 Å². The number of hydrogen-bond acceptors (Lipinski definition) is 5. The minimum absolute atomic E-state index is 0.367. The molecule has 2 rings (SSSR count). The quantitative estimate of drug-likeness (QED) is 0.654. The number of ether oxygens (including phenoxy) is 3. The maximum Gasteiger partial charge on any atom is 0.411 e. The lowest BCUT2D eigenvalue weighted by molar-refractivity contribution is 0.0290. The first-order valence-corrected chi connectivity index (χ1v) is 9.25. The lowest BCUT2D eigenvalue weighted by Crippen LogP contribution is -2.38. The van der Waals surface area contributed by atoms with Crippen molar-refractivity contribution >= 4 is 11.8 Å². The third kappa shape index (κ3) is 7.75. The van der Waals surface area contributed by atoms with Crippen molar-refractivity contribution in [2.24, 2.45) is 0 Å². The van der Waals surface area contributed by atoms with E-state index in [4.69, 9.17) is 14.2 Å². The summed E-state index contributed by atoms with van der Waals surface area (Å²) in [5.41, 5.74) is 0.648. The molecule has 1 amide bonds. The van der Waals surface area contributed by atoms with Gasteiger partial charge in [-0.3, -0.25) is 10.2 Å². The lowest BCUT2D eigenvalue weighted by Gasteiger charge is -2.26. The number of unbranched alkanes of at least 4 members (excludes halogenated alkanes) is 3. The average Bonchev–Trinajstić information content (AvgIpc) is 2.64. The van der Waals surface area contributed by atoms with E-state index >= 15 is 0 Å². The highest BCUT2D eigenvalue weighted by atomic mass is 16.5. The largest absolute Gasteiger partial charge is 0.491 e. The van der Waals surface area contributed by atoms with Gasteiger partial charge in [-0.25, -0.2) is 4.79 Å². The fourth-order valence-corrected chi connectivity index (χ4v) is 2.64. The fraction of sp³-hybridized carbons (Fsp3) is 0.632. The van der Waals surface area contributed by atoms with Crippen LogP contribution in [-0.2, 0) is 9.47 Å². The van der Waals surface area contributed by atoms with Crippen LogP contribution in [0.25, 0.3) is 0 Å². The summed E-state index contributed by atoms with van der Waals surface area (Å²) in [7, 11) is 0. The number of nitrogens with one attached hydrogen (secondary N) is 1. The van der Waals surface area contributed by atoms with E-state index in [-0.39, 0.29) is 0 Å². The first-order valence-electron chi connectivity index (χ1n) is 9.25. The van der Waals surface area contributed by atoms with Gasteiger partial charge in [-0.05, 0) is 18.6 Å². The molecule has 1 aliphatic rings. The molecule has 1 aliphatic heterocycles. The molecule has 0 radical (unpaired) electrons. The van der Waals surface area contributed by atoms with Gasteiger partial charge in [0.2, 0.25) is 0 Å². The number of anilines is 1. The van der Waals surface area contributed by atoms with Crippen molar-refractivity contribution in [1.82, 2.24) is 4.90 Å². The topological polar surface area (TPSA) is 60.0 Å². The van der Waals surface area contributed by atoms with Crippen LogP contribution in [0.4, 0.5) is 10.5 Å². The second-order valence-corrected chi connectivity index (χ2v) is 6.12. The van der Waals surface area contributed by atoms with E-state index in [1.807, 2.05) is 24.3 Å². The first kappa shape index (κ1) is 19.5. The number of morpholine rings is 1. The van der Waals surface area contributed by atoms with Crippen LogP contribution in [0.2, 0.25) is 0 Å². The van der Waals surface area contributed by atoms with Gasteiger partial charge in [0.15, 0.2) is 0 Å². The molecule has 0 atom stereocenters. The van der Waals surface area contributed by atoms with Crippen molar-refractivity contribution in [3.05, 3.63) is 24.3 Å². The number of hydrogen-bond donors (Lipinski definition) is 1. The summed E-state index contributed by atoms with van der Waals surface area (Å²) >= 11 is 0. The minimum Gasteiger partial charge on any atom is -0.491 e. The normalized spacial score (nSPS) is 14.9. The lowest BCUT2D eigenvalue weighted by atomic mass is 10.2. The monoisotopic (exact) mass is 350 g/mol. The van der Waals surface area contributed by atoms with Gasteiger partial charge in [-0.1, -0.05) is 38.3 Å². The molecular weight excluding hydrogens is 320 g/mol. The summed E-state index contributed by atoms with van der Waals surface area (Å²) in [5.74, 6) is 0.684. The van der Waals surface area contributed by atoms with Crippen molar-refractivity contribution in [2.45, 2.75) is 32.6 Å². The van der Waals surface area contributed by atoms with E-state index in [0.717, 1.165) is 45.7 Å². The maximum atomic E-state index is 12.0. The molecule has 1 N–H and O–H groups in total. The van der Waals surface area contributed by atoms with Gasteiger partial charge in [0.05, 0.1) is 25.5 Å². The second kappa shape index (κ2) is 11.7. The Morgan fingerprint density at radius 3 is 2.76 bits per heavy atom. The van der Waals surface area contributed by atoms with E-state index in [1.54, 1.807) is 0 Å². The van der Waals surface area contributed by atoms with Crippen molar-refractivity contribution in [1.29, 1.82) is 0 Å². The Morgan fingerprint density at radius 2 is 1.96 bits per heavy atom. The highest BCUT2D eigenvalue weighted by molar-refractivity contribution is 5.86. The minimum atomic E-state index is -0.449. The number of benzene rings is 1. The Hall–Kier alpha value is -1.79. The van der Waals surface area contributed by atoms with Gasteiger partial charge < -0.3 is 14.2 Å². The van der Waals surface area contributed by atoms with E-state index in [9.17, 15) is 4.79 Å². The van der Waals surface area contributed by atoms with Gasteiger partial charge in [0.1, 0.15) is 12.4 Å². The van der Waals surface area contributed by atoms with Crippen LogP contribution in [0.3, 0.4) is 0 Å². The van der Waals surface area contributed by atoms with Crippen LogP contribution in [-0.4, -0.2) is 57.1 Å². The molecule has 0 aliphatic carbocycles. The van der Waals surface area contributed by atoms with Crippen molar-refractivity contribution in [3.8, 4) is 5.75 Å². The van der Waals surface area contributed by atoms with E-state index in [2.05, 4.69) is 17.1 Å². The van der Waals surface area contributed by atoms with Crippen LogP contribution in [0, 0.1) is 0 Å². The molecule has 0 spiro atoms. The van der Waals surface area contributed by atoms with Crippen LogP contribution in [0.1, 0.15) is 32.6 Å². The smallest absolute Gasteiger partial charge is 0.411 e. The Kier molecular flexibility index (Phi) is 9.15. The third-order valence-corrected chi connectivity index (χ3v) is 4.12. The fourth-order valence-electron chi connectivity index (χ4n) is 2.64. The van der Waals surface area contributed by atoms with E-state index in [0.29, 0.717) is 24.7 Å². The SMILES string of the molecule is CCCCCCOc1ccccc1NC(=O)OCCN1CCOCC1. The second-order valence-electron chi connectivity index (χ2n) is 6.12. The third-order valence-electron chi connectivity index (χ3n) is 4.12. The highest BCUT2D eigenvalue weighted by Gasteiger charge is 2.12. The zero-order valence-corrected chi connectivity index (χ0v) is 15.2. The van der Waals surface area contributed by atoms with Gasteiger partial charge in [-0.2, -0.15) is 0 Å². The Labute approximate surface area is 150 Å². The molecule has 1 aromatic carbocycles. The summed E-state index contributed by atoms with van der Waals surface area (Å²) < 4.78 is 16.4. The predicted octanol–water partition coefficient (Wildman–Crippen LogP) is 3.53. The van der Waals surface area contributed by atoms with E-state index in [1.165, 1.54) is 12.8 Å². The molecule has 140 valence electrons. The van der Waals surface area contributed by atoms with Gasteiger partial charge in [0, 0.05) is 19.6 Å². The summed E-state index contributed by atoms with van der Waals surface area (Å²) in [6.45, 7) is 7.21. The molecule has 1 aromatic rings. The number of carbonyl (C=O) groups is 1. The van der Waals surface area contributed by atoms with Crippen molar-refractivity contribution in [3.63, 3.8) is 0 Å². The molecule has 6 nitrogen and oxygen atoms in total. The zero-order valence-electron chi connectivity index (χ0n) is 15.2. The highest BCUT2D eigenvalue weighted by Crippen LogP contribution is 2.24. The summed E-state index contributed by atoms with van der Waals surface area (Å²) in [6, 6.07) is 7.46. The Morgan fingerprint density at radius 1 is 1.16 bits per heavy atom. The van der Waals surface area contributed by atoms with E-state index < -0.39 is 6.09 Å². The molecule has 0 unspecified atom stereocenters. The molecule has 0 aromatic heterocycles. The Balaban J connectivity index is 1.70. The molecule has 1 saturated heterocycles. The van der Waals surface area contributed by atoms with Gasteiger partial charge >= 0.3 is 6.09 Å².